The molecule has 0 N–H and O–H groups in total. The molecule has 0 unspecified atom stereocenters. The minimum absolute atomic E-state index is 0.157. The average molecular weight is 294 g/mol. The first kappa shape index (κ1) is 18.8. The second-order valence-corrected chi connectivity index (χ2v) is 5.26. The van der Waals surface area contributed by atoms with Gasteiger partial charge in [-0.15, -0.1) is 0 Å². The predicted molar refractivity (Wildman–Crippen MR) is 79.2 cm³/mol. The summed E-state index contributed by atoms with van der Waals surface area (Å²) in [6.07, 6.45) is 1.21. The lowest BCUT2D eigenvalue weighted by Gasteiger charge is -2.16. The molecule has 21 heavy (non-hydrogen) atoms. The van der Waals surface area contributed by atoms with Crippen molar-refractivity contribution < 1.29 is 23.9 Å². The molecule has 1 aromatic rings. The van der Waals surface area contributed by atoms with Gasteiger partial charge in [-0.1, -0.05) is 6.92 Å². The molecule has 0 fully saturated rings. The number of benzene rings is 1. The van der Waals surface area contributed by atoms with Crippen LogP contribution in [0.4, 0.5) is 0 Å². The van der Waals surface area contributed by atoms with Crippen LogP contribution in [-0.4, -0.2) is 25.3 Å². The van der Waals surface area contributed by atoms with E-state index in [1.54, 1.807) is 52.0 Å². The second-order valence-electron chi connectivity index (χ2n) is 5.26. The summed E-state index contributed by atoms with van der Waals surface area (Å²) in [4.78, 5) is 31.8. The summed E-state index contributed by atoms with van der Waals surface area (Å²) in [6, 6.07) is 6.43. The van der Waals surface area contributed by atoms with Crippen molar-refractivity contribution in [1.82, 2.24) is 0 Å². The van der Waals surface area contributed by atoms with Crippen LogP contribution in [0.1, 0.15) is 44.5 Å². The zero-order chi connectivity index (χ0) is 16.5. The van der Waals surface area contributed by atoms with E-state index in [4.69, 9.17) is 4.74 Å². The Morgan fingerprint density at radius 1 is 1.14 bits per heavy atom. The Morgan fingerprint density at radius 3 is 1.95 bits per heavy atom. The van der Waals surface area contributed by atoms with Crippen LogP contribution in [0.5, 0.6) is 5.75 Å². The van der Waals surface area contributed by atoms with Crippen LogP contribution in [0.2, 0.25) is 0 Å². The third kappa shape index (κ3) is 7.87. The van der Waals surface area contributed by atoms with Crippen molar-refractivity contribution >= 4 is 18.2 Å². The first-order chi connectivity index (χ1) is 9.74. The smallest absolute Gasteiger partial charge is 0.316 e. The molecule has 116 valence electrons. The Hall–Kier alpha value is -2.17. The third-order valence-electron chi connectivity index (χ3n) is 2.36. The number of rotatable bonds is 3. The molecule has 1 rings (SSSR count). The third-order valence-corrected chi connectivity index (χ3v) is 2.36. The molecule has 0 aliphatic carbocycles. The molecular weight excluding hydrogens is 272 g/mol. The molecule has 0 spiro atoms. The van der Waals surface area contributed by atoms with E-state index >= 15 is 0 Å². The Bertz CT molecular complexity index is 462. The minimum atomic E-state index is -0.524. The van der Waals surface area contributed by atoms with Crippen molar-refractivity contribution in [2.75, 3.05) is 7.11 Å². The highest BCUT2D eigenvalue weighted by Gasteiger charge is 2.23. The van der Waals surface area contributed by atoms with Gasteiger partial charge in [0, 0.05) is 12.0 Å². The lowest BCUT2D eigenvalue weighted by atomic mass is 9.97. The van der Waals surface area contributed by atoms with E-state index in [0.29, 0.717) is 17.7 Å². The van der Waals surface area contributed by atoms with Gasteiger partial charge in [-0.3, -0.25) is 14.4 Å². The van der Waals surface area contributed by atoms with Gasteiger partial charge >= 0.3 is 11.9 Å². The van der Waals surface area contributed by atoms with Gasteiger partial charge in [0.05, 0.1) is 12.5 Å². The van der Waals surface area contributed by atoms with Crippen molar-refractivity contribution in [2.24, 2.45) is 5.41 Å². The summed E-state index contributed by atoms with van der Waals surface area (Å²) < 4.78 is 9.38. The van der Waals surface area contributed by atoms with Crippen LogP contribution in [0, 0.1) is 5.41 Å². The zero-order valence-electron chi connectivity index (χ0n) is 13.1. The standard InChI is InChI=1S/C12H14O3.C4H8O2/c1-12(2,3)11(14)15-10-6-4-9(8-13)5-7-10;1-3-4(5)6-2/h4-8H,1-3H3;3H2,1-2H3. The number of hydrogen-bond acceptors (Lipinski definition) is 5. The number of carbonyl (C=O) groups is 3. The number of aldehydes is 1. The van der Waals surface area contributed by atoms with Gasteiger partial charge in [-0.2, -0.15) is 0 Å². The molecule has 0 atom stereocenters. The van der Waals surface area contributed by atoms with Gasteiger partial charge in [0.15, 0.2) is 0 Å². The highest BCUT2D eigenvalue weighted by atomic mass is 16.5. The lowest BCUT2D eigenvalue weighted by molar-refractivity contribution is -0.143. The molecule has 5 heteroatoms. The van der Waals surface area contributed by atoms with Crippen molar-refractivity contribution in [2.45, 2.75) is 34.1 Å². The fourth-order valence-electron chi connectivity index (χ4n) is 1.02. The van der Waals surface area contributed by atoms with E-state index in [1.807, 2.05) is 0 Å². The first-order valence-electron chi connectivity index (χ1n) is 6.59. The quantitative estimate of drug-likeness (QED) is 0.487. The highest BCUT2D eigenvalue weighted by Crippen LogP contribution is 2.19. The Labute approximate surface area is 125 Å². The molecule has 0 aromatic heterocycles. The van der Waals surface area contributed by atoms with Crippen molar-refractivity contribution in [3.8, 4) is 5.75 Å². The summed E-state index contributed by atoms with van der Waals surface area (Å²) in [7, 11) is 1.38. The lowest BCUT2D eigenvalue weighted by Crippen LogP contribution is -2.25. The summed E-state index contributed by atoms with van der Waals surface area (Å²) >= 11 is 0. The van der Waals surface area contributed by atoms with Gasteiger partial charge in [-0.05, 0) is 45.0 Å². The molecular formula is C16H22O5. The summed E-state index contributed by atoms with van der Waals surface area (Å²) in [5.74, 6) is 0.0110. The topological polar surface area (TPSA) is 69.7 Å². The molecule has 5 nitrogen and oxygen atoms in total. The van der Waals surface area contributed by atoms with Gasteiger partial charge in [0.25, 0.3) is 0 Å². The van der Waals surface area contributed by atoms with Crippen LogP contribution in [-0.2, 0) is 14.3 Å². The van der Waals surface area contributed by atoms with Gasteiger partial charge in [0.2, 0.25) is 0 Å². The summed E-state index contributed by atoms with van der Waals surface area (Å²) in [5.41, 5.74) is 0.0362. The summed E-state index contributed by atoms with van der Waals surface area (Å²) in [6.45, 7) is 7.12. The van der Waals surface area contributed by atoms with Crippen LogP contribution >= 0.6 is 0 Å². The van der Waals surface area contributed by atoms with Gasteiger partial charge in [-0.25, -0.2) is 0 Å². The molecule has 0 bridgehead atoms. The number of ether oxygens (including phenoxy) is 2. The van der Waals surface area contributed by atoms with Crippen molar-refractivity contribution in [3.05, 3.63) is 29.8 Å². The zero-order valence-corrected chi connectivity index (χ0v) is 13.1. The normalized spacial score (nSPS) is 9.95. The van der Waals surface area contributed by atoms with Crippen LogP contribution < -0.4 is 4.74 Å². The maximum absolute atomic E-state index is 11.5. The van der Waals surface area contributed by atoms with E-state index < -0.39 is 5.41 Å². The number of methoxy groups -OCH3 is 1. The molecule has 0 saturated carbocycles. The van der Waals surface area contributed by atoms with Gasteiger partial charge < -0.3 is 9.47 Å². The molecule has 0 radical (unpaired) electrons. The molecule has 0 amide bonds. The predicted octanol–water partition coefficient (Wildman–Crippen LogP) is 3.02. The highest BCUT2D eigenvalue weighted by molar-refractivity contribution is 5.78. The monoisotopic (exact) mass is 294 g/mol. The van der Waals surface area contributed by atoms with Crippen LogP contribution in [0.25, 0.3) is 0 Å². The number of hydrogen-bond donors (Lipinski definition) is 0. The number of esters is 2. The van der Waals surface area contributed by atoms with E-state index in [-0.39, 0.29) is 11.9 Å². The van der Waals surface area contributed by atoms with Crippen LogP contribution in [0.3, 0.4) is 0 Å². The van der Waals surface area contributed by atoms with Crippen molar-refractivity contribution in [3.63, 3.8) is 0 Å². The fraction of sp³-hybridized carbons (Fsp3) is 0.438. The Balaban J connectivity index is 0.000000567. The molecule has 0 aliphatic heterocycles. The van der Waals surface area contributed by atoms with Crippen molar-refractivity contribution in [1.29, 1.82) is 0 Å². The SMILES string of the molecule is CC(C)(C)C(=O)Oc1ccc(C=O)cc1.CCC(=O)OC. The first-order valence-corrected chi connectivity index (χ1v) is 6.59. The minimum Gasteiger partial charge on any atom is -0.469 e. The number of carbonyl (C=O) groups excluding carboxylic acids is 3. The maximum atomic E-state index is 11.5. The summed E-state index contributed by atoms with van der Waals surface area (Å²) in [5, 5.41) is 0. The Morgan fingerprint density at radius 2 is 1.67 bits per heavy atom. The fourth-order valence-corrected chi connectivity index (χ4v) is 1.02. The Kier molecular flexibility index (Phi) is 7.97. The van der Waals surface area contributed by atoms with E-state index in [2.05, 4.69) is 4.74 Å². The van der Waals surface area contributed by atoms with E-state index in [9.17, 15) is 14.4 Å². The molecule has 1 aromatic carbocycles. The largest absolute Gasteiger partial charge is 0.469 e. The molecule has 0 aliphatic rings. The van der Waals surface area contributed by atoms with Crippen LogP contribution in [0.15, 0.2) is 24.3 Å². The second kappa shape index (κ2) is 8.89. The van der Waals surface area contributed by atoms with Gasteiger partial charge in [0.1, 0.15) is 12.0 Å². The van der Waals surface area contributed by atoms with E-state index in [1.165, 1.54) is 7.11 Å². The average Bonchev–Trinajstić information content (AvgIpc) is 2.46. The molecule has 0 heterocycles. The maximum Gasteiger partial charge on any atom is 0.316 e. The van der Waals surface area contributed by atoms with E-state index in [0.717, 1.165) is 6.29 Å². The molecule has 0 saturated heterocycles.